The van der Waals surface area contributed by atoms with Gasteiger partial charge in [0.05, 0.1) is 63.9 Å². The van der Waals surface area contributed by atoms with Crippen LogP contribution in [-0.2, 0) is 57.1 Å². The third-order valence-electron chi connectivity index (χ3n) is 12.8. The zero-order valence-corrected chi connectivity index (χ0v) is 39.5. The Morgan fingerprint density at radius 1 is 0.600 bits per heavy atom. The molecule has 0 aromatic heterocycles. The predicted molar refractivity (Wildman–Crippen MR) is 228 cm³/mol. The van der Waals surface area contributed by atoms with E-state index in [-0.39, 0.29) is 0 Å². The Morgan fingerprint density at radius 3 is 1.63 bits per heavy atom. The molecule has 0 radical (unpaired) electrons. The first-order chi connectivity index (χ1) is 35.2. The maximum absolute atomic E-state index is 13.3. The van der Waals surface area contributed by atoms with Gasteiger partial charge in [0.25, 0.3) is 11.6 Å². The molecule has 0 aromatic carbocycles. The third kappa shape index (κ3) is 14.4. The molecule has 26 atom stereocenters. The molecule has 35 nitrogen and oxygen atoms in total. The number of carboxylic acid groups (broad SMARTS) is 2. The van der Waals surface area contributed by atoms with Crippen molar-refractivity contribution in [2.45, 2.75) is 178 Å². The van der Waals surface area contributed by atoms with Gasteiger partial charge in [-0.25, -0.2) is 9.59 Å². The van der Waals surface area contributed by atoms with Crippen LogP contribution in [0.5, 0.6) is 0 Å². The van der Waals surface area contributed by atoms with Gasteiger partial charge in [0.2, 0.25) is 11.8 Å². The summed E-state index contributed by atoms with van der Waals surface area (Å²) in [6, 6.07) is -3.84. The van der Waals surface area contributed by atoms with Gasteiger partial charge in [-0.2, -0.15) is 0 Å². The van der Waals surface area contributed by atoms with Gasteiger partial charge >= 0.3 is 11.9 Å². The van der Waals surface area contributed by atoms with Gasteiger partial charge in [-0.1, -0.05) is 0 Å². The molecule has 0 saturated carbocycles. The Labute approximate surface area is 422 Å². The van der Waals surface area contributed by atoms with Crippen LogP contribution in [0.2, 0.25) is 0 Å². The number of ether oxygens (including phenoxy) is 8. The number of rotatable bonds is 26. The number of carbonyl (C=O) groups is 4. The van der Waals surface area contributed by atoms with Crippen molar-refractivity contribution in [1.29, 1.82) is 0 Å². The summed E-state index contributed by atoms with van der Waals surface area (Å²) in [6.07, 6.45) is -51.9. The first-order valence-corrected chi connectivity index (χ1v) is 23.0. The molecule has 2 amide bonds. The lowest BCUT2D eigenvalue weighted by atomic mass is 9.87. The van der Waals surface area contributed by atoms with E-state index in [2.05, 4.69) is 5.32 Å². The highest BCUT2D eigenvalue weighted by atomic mass is 16.8. The fourth-order valence-electron chi connectivity index (χ4n) is 8.84. The highest BCUT2D eigenvalue weighted by molar-refractivity contribution is 5.78. The minimum Gasteiger partial charge on any atom is -0.477 e. The molecule has 4 saturated heterocycles. The normalized spacial score (nSPS) is 39.7. The van der Waals surface area contributed by atoms with E-state index in [9.17, 15) is 126 Å². The summed E-state index contributed by atoms with van der Waals surface area (Å²) in [7, 11) is 0. The second-order valence-electron chi connectivity index (χ2n) is 18.1. The molecule has 0 spiro atoms. The molecule has 75 heavy (non-hydrogen) atoms. The summed E-state index contributed by atoms with van der Waals surface area (Å²) in [5, 5.41) is 225. The van der Waals surface area contributed by atoms with Crippen LogP contribution in [0.15, 0.2) is 0 Å². The summed E-state index contributed by atoms with van der Waals surface area (Å²) < 4.78 is 44.3. The van der Waals surface area contributed by atoms with Crippen molar-refractivity contribution >= 4 is 23.8 Å². The first kappa shape index (κ1) is 64.3. The third-order valence-corrected chi connectivity index (χ3v) is 12.8. The monoisotopic (exact) mass is 1100 g/mol. The number of aliphatic carboxylic acids is 2. The number of amides is 2. The van der Waals surface area contributed by atoms with E-state index in [0.29, 0.717) is 0 Å². The fraction of sp³-hybridized carbons (Fsp3) is 0.900. The van der Waals surface area contributed by atoms with Crippen molar-refractivity contribution in [1.82, 2.24) is 10.6 Å². The zero-order chi connectivity index (χ0) is 56.6. The molecule has 4 heterocycles. The van der Waals surface area contributed by atoms with Crippen LogP contribution in [0.4, 0.5) is 0 Å². The highest BCUT2D eigenvalue weighted by Gasteiger charge is 2.62. The van der Waals surface area contributed by atoms with Crippen molar-refractivity contribution in [2.24, 2.45) is 0 Å². The van der Waals surface area contributed by atoms with Crippen LogP contribution < -0.4 is 10.6 Å². The number of aliphatic hydroxyl groups is 19. The molecule has 0 aliphatic carbocycles. The molecule has 0 bridgehead atoms. The fourth-order valence-corrected chi connectivity index (χ4v) is 8.84. The number of hydrogen-bond acceptors (Lipinski definition) is 31. The predicted octanol–water partition coefficient (Wildman–Crippen LogP) is -14.6. The van der Waals surface area contributed by atoms with Crippen molar-refractivity contribution in [3.05, 3.63) is 0 Å². The van der Waals surface area contributed by atoms with E-state index in [1.54, 1.807) is 0 Å². The second-order valence-corrected chi connectivity index (χ2v) is 18.1. The molecule has 4 rings (SSSR count). The van der Waals surface area contributed by atoms with Gasteiger partial charge in [0.15, 0.2) is 12.6 Å². The first-order valence-electron chi connectivity index (χ1n) is 23.0. The summed E-state index contributed by atoms with van der Waals surface area (Å²) in [5.41, 5.74) is 0. The standard InChI is InChI=1S/C40H68N2O33/c1-11(50)41-21-12(51)2-39(37(64)65,73-32(21)24(58)15(54)5-44)72-18(8-47)26(60)33-22(42-20(56)10-49)13(52)3-40(74-33,38(66)67)75-34-25(59)17(7-46)68-36(29(34)63)71-31-19(9-48)69-35(28(62)27(31)61)70-30(16(55)6-45)23(57)14(53)4-43/h12-19,21-36,43-49,51-55,57-63H,2-10H2,1H3,(H,41,50)(H,42,56)(H,64,65)(H,66,67)/t12-,13-,14-,15+,16+,17+,18+,19+,21+,22+,23+,24+,25-,26+,27+,28+,29+,30+,31-,32+,33+,34-,35-,36-,39+,40-/m0/s1. The van der Waals surface area contributed by atoms with E-state index in [0.717, 1.165) is 6.92 Å². The SMILES string of the molecule is CC(=O)N[C@H]1[C@H]([C@H](O)[C@H](O)CO)O[C@@](O[C@H](CO)[C@@H](O)[C@@H]2O[C@@](O[C@H]3[C@@H](O)[C@@H](CO)O[C@@H](O[C@@H]4[C@H](O)[C@@H](O)[C@H](O[C@@H]([C@H](O)[C@@H](O)CO)[C@H](O)CO)O[C@@H]4CO)[C@@H]3O)(C(=O)O)C[C@H](O)[C@H]2NC(=O)CO)(C(=O)O)C[C@@H]1O. The molecule has 35 heteroatoms. The lowest BCUT2D eigenvalue weighted by Gasteiger charge is -2.51. The molecule has 4 aliphatic rings. The average molecular weight is 1100 g/mol. The van der Waals surface area contributed by atoms with Crippen molar-refractivity contribution in [2.75, 3.05) is 46.2 Å². The maximum atomic E-state index is 13.3. The van der Waals surface area contributed by atoms with Crippen LogP contribution in [0, 0.1) is 0 Å². The van der Waals surface area contributed by atoms with Crippen LogP contribution in [0.25, 0.3) is 0 Å². The van der Waals surface area contributed by atoms with Gasteiger partial charge in [-0.05, 0) is 0 Å². The maximum Gasteiger partial charge on any atom is 0.364 e. The molecule has 0 aromatic rings. The summed E-state index contributed by atoms with van der Waals surface area (Å²) >= 11 is 0. The smallest absolute Gasteiger partial charge is 0.364 e. The molecular formula is C40H68N2O33. The van der Waals surface area contributed by atoms with E-state index in [1.807, 2.05) is 5.32 Å². The number of hydrogen-bond donors (Lipinski definition) is 23. The lowest BCUT2D eigenvalue weighted by molar-refractivity contribution is -0.390. The molecule has 436 valence electrons. The molecule has 0 unspecified atom stereocenters. The minimum atomic E-state index is -3.49. The number of carboxylic acids is 2. The van der Waals surface area contributed by atoms with Crippen molar-refractivity contribution in [3.8, 4) is 0 Å². The molecule has 4 fully saturated rings. The lowest BCUT2D eigenvalue weighted by Crippen LogP contribution is -2.72. The van der Waals surface area contributed by atoms with Gasteiger partial charge in [-0.3, -0.25) is 9.59 Å². The van der Waals surface area contributed by atoms with E-state index in [4.69, 9.17) is 37.9 Å². The number of carbonyl (C=O) groups excluding carboxylic acids is 2. The van der Waals surface area contributed by atoms with Crippen LogP contribution in [0.1, 0.15) is 19.8 Å². The molecular weight excluding hydrogens is 1040 g/mol. The Morgan fingerprint density at radius 2 is 1.12 bits per heavy atom. The Balaban J connectivity index is 1.70. The zero-order valence-electron chi connectivity index (χ0n) is 39.5. The minimum absolute atomic E-state index is 0.878. The number of nitrogens with one attached hydrogen (secondary N) is 2. The van der Waals surface area contributed by atoms with Gasteiger partial charge in [0, 0.05) is 19.8 Å². The van der Waals surface area contributed by atoms with Crippen molar-refractivity contribution in [3.63, 3.8) is 0 Å². The van der Waals surface area contributed by atoms with Crippen LogP contribution in [-0.4, -0.2) is 336 Å². The van der Waals surface area contributed by atoms with E-state index < -0.39 is 241 Å². The Hall–Kier alpha value is -3.20. The Bertz CT molecular complexity index is 1840. The van der Waals surface area contributed by atoms with Crippen LogP contribution >= 0.6 is 0 Å². The average Bonchev–Trinajstić information content (AvgIpc) is 3.38. The van der Waals surface area contributed by atoms with Gasteiger partial charge < -0.3 is 156 Å². The Kier molecular flexibility index (Phi) is 23.7. The van der Waals surface area contributed by atoms with Gasteiger partial charge in [0.1, 0.15) is 116 Å². The summed E-state index contributed by atoms with van der Waals surface area (Å²) in [5.74, 6) is -13.5. The number of aliphatic hydroxyl groups excluding tert-OH is 19. The van der Waals surface area contributed by atoms with E-state index >= 15 is 0 Å². The van der Waals surface area contributed by atoms with Crippen molar-refractivity contribution < 1.29 is 164 Å². The second kappa shape index (κ2) is 27.6. The molecule has 23 N–H and O–H groups in total. The topological polar surface area (TPSA) is 591 Å². The van der Waals surface area contributed by atoms with Gasteiger partial charge in [-0.15, -0.1) is 0 Å². The summed E-state index contributed by atoms with van der Waals surface area (Å²) in [6.45, 7) is -7.70. The summed E-state index contributed by atoms with van der Waals surface area (Å²) in [4.78, 5) is 50.8. The largest absolute Gasteiger partial charge is 0.477 e. The quantitative estimate of drug-likeness (QED) is 0.0382. The van der Waals surface area contributed by atoms with E-state index in [1.165, 1.54) is 0 Å². The molecule has 4 aliphatic heterocycles. The highest BCUT2D eigenvalue weighted by Crippen LogP contribution is 2.41. The van der Waals surface area contributed by atoms with Crippen LogP contribution in [0.3, 0.4) is 0 Å².